The number of halogens is 1. The number of benzene rings is 3. The van der Waals surface area contributed by atoms with Gasteiger partial charge in [0.15, 0.2) is 0 Å². The van der Waals surface area contributed by atoms with Gasteiger partial charge in [-0.15, -0.1) is 0 Å². The predicted octanol–water partition coefficient (Wildman–Crippen LogP) is 4.82. The van der Waals surface area contributed by atoms with Crippen LogP contribution in [0.3, 0.4) is 0 Å². The summed E-state index contributed by atoms with van der Waals surface area (Å²) < 4.78 is 10.6. The molecule has 3 rings (SSSR count). The lowest BCUT2D eigenvalue weighted by Crippen LogP contribution is -2.13. The molecule has 0 fully saturated rings. The summed E-state index contributed by atoms with van der Waals surface area (Å²) in [5.41, 5.74) is 0.935. The van der Waals surface area contributed by atoms with Crippen LogP contribution in [-0.4, -0.2) is 18.5 Å². The Morgan fingerprint density at radius 3 is 2.38 bits per heavy atom. The zero-order valence-corrected chi connectivity index (χ0v) is 15.0. The Hall–Kier alpha value is -2.85. The van der Waals surface area contributed by atoms with Gasteiger partial charge in [-0.25, -0.2) is 4.79 Å². The van der Waals surface area contributed by atoms with E-state index in [1.807, 2.05) is 30.3 Å². The molecule has 0 bridgehead atoms. The molecule has 0 aliphatic carbocycles. The van der Waals surface area contributed by atoms with Gasteiger partial charge in [0.1, 0.15) is 5.75 Å². The molecule has 0 radical (unpaired) electrons. The standard InChI is InChI=1S/C21H17ClO4/c1-2-25-20(23)13-17-10-14-6-3-4-7-15(14)12-19(17)26-21(24)16-8-5-9-18(22)11-16/h3-12H,2,13H2,1H3. The van der Waals surface area contributed by atoms with Crippen molar-refractivity contribution in [3.63, 3.8) is 0 Å². The molecule has 0 amide bonds. The van der Waals surface area contributed by atoms with Crippen molar-refractivity contribution >= 4 is 34.3 Å². The molecule has 0 unspecified atom stereocenters. The topological polar surface area (TPSA) is 52.6 Å². The number of carbonyl (C=O) groups excluding carboxylic acids is 2. The third kappa shape index (κ3) is 4.21. The van der Waals surface area contributed by atoms with Gasteiger partial charge >= 0.3 is 11.9 Å². The number of rotatable bonds is 5. The minimum Gasteiger partial charge on any atom is -0.466 e. The summed E-state index contributed by atoms with van der Waals surface area (Å²) in [6.45, 7) is 2.04. The molecule has 5 heteroatoms. The molecule has 0 N–H and O–H groups in total. The van der Waals surface area contributed by atoms with Crippen LogP contribution in [0.15, 0.2) is 60.7 Å². The quantitative estimate of drug-likeness (QED) is 0.478. The fourth-order valence-corrected chi connectivity index (χ4v) is 2.83. The van der Waals surface area contributed by atoms with Crippen molar-refractivity contribution in [3.8, 4) is 5.75 Å². The van der Waals surface area contributed by atoms with Crippen LogP contribution in [0.25, 0.3) is 10.8 Å². The molecule has 0 heterocycles. The number of fused-ring (bicyclic) bond motifs is 1. The van der Waals surface area contributed by atoms with Gasteiger partial charge in [0.05, 0.1) is 18.6 Å². The first kappa shape index (κ1) is 18.0. The van der Waals surface area contributed by atoms with Gasteiger partial charge in [-0.1, -0.05) is 41.9 Å². The van der Waals surface area contributed by atoms with Crippen LogP contribution >= 0.6 is 11.6 Å². The zero-order chi connectivity index (χ0) is 18.5. The molecule has 0 aliphatic rings. The highest BCUT2D eigenvalue weighted by molar-refractivity contribution is 6.30. The largest absolute Gasteiger partial charge is 0.466 e. The summed E-state index contributed by atoms with van der Waals surface area (Å²) in [7, 11) is 0. The average Bonchev–Trinajstić information content (AvgIpc) is 2.62. The Morgan fingerprint density at radius 1 is 0.962 bits per heavy atom. The minimum atomic E-state index is -0.534. The second kappa shape index (κ2) is 8.02. The smallest absolute Gasteiger partial charge is 0.343 e. The van der Waals surface area contributed by atoms with Gasteiger partial charge in [0.2, 0.25) is 0 Å². The van der Waals surface area contributed by atoms with E-state index in [9.17, 15) is 9.59 Å². The highest BCUT2D eigenvalue weighted by atomic mass is 35.5. The first-order chi connectivity index (χ1) is 12.6. The second-order valence-corrected chi connectivity index (χ2v) is 6.13. The zero-order valence-electron chi connectivity index (χ0n) is 14.2. The molecule has 26 heavy (non-hydrogen) atoms. The number of ether oxygens (including phenoxy) is 2. The number of hydrogen-bond acceptors (Lipinski definition) is 4. The summed E-state index contributed by atoms with van der Waals surface area (Å²) in [6, 6.07) is 17.8. The third-order valence-corrected chi connectivity index (χ3v) is 4.07. The van der Waals surface area contributed by atoms with Crippen molar-refractivity contribution < 1.29 is 19.1 Å². The van der Waals surface area contributed by atoms with E-state index < -0.39 is 5.97 Å². The molecule has 0 saturated heterocycles. The highest BCUT2D eigenvalue weighted by Crippen LogP contribution is 2.28. The lowest BCUT2D eigenvalue weighted by molar-refractivity contribution is -0.142. The van der Waals surface area contributed by atoms with Crippen LogP contribution < -0.4 is 4.74 Å². The van der Waals surface area contributed by atoms with Gasteiger partial charge in [0, 0.05) is 10.6 Å². The lowest BCUT2D eigenvalue weighted by Gasteiger charge is -2.12. The Kier molecular flexibility index (Phi) is 5.54. The van der Waals surface area contributed by atoms with Gasteiger partial charge < -0.3 is 9.47 Å². The SMILES string of the molecule is CCOC(=O)Cc1cc2ccccc2cc1OC(=O)c1cccc(Cl)c1. The average molecular weight is 369 g/mol. The van der Waals surface area contributed by atoms with E-state index in [1.165, 1.54) is 6.07 Å². The molecule has 132 valence electrons. The maximum absolute atomic E-state index is 12.5. The van der Waals surface area contributed by atoms with Gasteiger partial charge in [-0.05, 0) is 48.0 Å². The maximum atomic E-state index is 12.5. The molecule has 0 saturated carbocycles. The summed E-state index contributed by atoms with van der Waals surface area (Å²) >= 11 is 5.94. The van der Waals surface area contributed by atoms with Crippen LogP contribution in [0.4, 0.5) is 0 Å². The molecule has 0 atom stereocenters. The highest BCUT2D eigenvalue weighted by Gasteiger charge is 2.16. The predicted molar refractivity (Wildman–Crippen MR) is 101 cm³/mol. The van der Waals surface area contributed by atoms with Crippen LogP contribution in [0.1, 0.15) is 22.8 Å². The number of carbonyl (C=O) groups is 2. The Labute approximate surface area is 156 Å². The van der Waals surface area contributed by atoms with Crippen molar-refractivity contribution in [1.82, 2.24) is 0 Å². The molecule has 0 aliphatic heterocycles. The Bertz CT molecular complexity index is 965. The van der Waals surface area contributed by atoms with Crippen molar-refractivity contribution in [2.24, 2.45) is 0 Å². The van der Waals surface area contributed by atoms with Crippen LogP contribution in [0.5, 0.6) is 5.75 Å². The van der Waals surface area contributed by atoms with E-state index in [4.69, 9.17) is 21.1 Å². The molecule has 3 aromatic carbocycles. The third-order valence-electron chi connectivity index (χ3n) is 3.83. The maximum Gasteiger partial charge on any atom is 0.343 e. The van der Waals surface area contributed by atoms with E-state index in [1.54, 1.807) is 31.2 Å². The Balaban J connectivity index is 1.96. The molecule has 0 aromatic heterocycles. The first-order valence-corrected chi connectivity index (χ1v) is 8.59. The van der Waals surface area contributed by atoms with Crippen molar-refractivity contribution in [1.29, 1.82) is 0 Å². The molecular weight excluding hydrogens is 352 g/mol. The summed E-state index contributed by atoms with van der Waals surface area (Å²) in [5, 5.41) is 2.31. The minimum absolute atomic E-state index is 0.0246. The molecule has 0 spiro atoms. The fourth-order valence-electron chi connectivity index (χ4n) is 2.64. The van der Waals surface area contributed by atoms with Crippen molar-refractivity contribution in [2.75, 3.05) is 6.61 Å². The van der Waals surface area contributed by atoms with Gasteiger partial charge in [0.25, 0.3) is 0 Å². The van der Waals surface area contributed by atoms with E-state index in [-0.39, 0.29) is 12.4 Å². The second-order valence-electron chi connectivity index (χ2n) is 5.69. The normalized spacial score (nSPS) is 10.5. The van der Waals surface area contributed by atoms with E-state index in [0.29, 0.717) is 28.5 Å². The molecule has 4 nitrogen and oxygen atoms in total. The number of hydrogen-bond donors (Lipinski definition) is 0. The molecular formula is C21H17ClO4. The monoisotopic (exact) mass is 368 g/mol. The first-order valence-electron chi connectivity index (χ1n) is 8.22. The van der Waals surface area contributed by atoms with E-state index in [2.05, 4.69) is 0 Å². The van der Waals surface area contributed by atoms with Crippen LogP contribution in [0.2, 0.25) is 5.02 Å². The number of esters is 2. The van der Waals surface area contributed by atoms with E-state index >= 15 is 0 Å². The van der Waals surface area contributed by atoms with Crippen LogP contribution in [0, 0.1) is 0 Å². The van der Waals surface area contributed by atoms with E-state index in [0.717, 1.165) is 10.8 Å². The summed E-state index contributed by atoms with van der Waals surface area (Å²) in [5.74, 6) is -0.572. The summed E-state index contributed by atoms with van der Waals surface area (Å²) in [6.07, 6.45) is 0.0246. The van der Waals surface area contributed by atoms with Gasteiger partial charge in [-0.2, -0.15) is 0 Å². The lowest BCUT2D eigenvalue weighted by atomic mass is 10.0. The van der Waals surface area contributed by atoms with Crippen LogP contribution in [-0.2, 0) is 16.0 Å². The van der Waals surface area contributed by atoms with Crippen molar-refractivity contribution in [3.05, 3.63) is 76.8 Å². The van der Waals surface area contributed by atoms with Crippen molar-refractivity contribution in [2.45, 2.75) is 13.3 Å². The Morgan fingerprint density at radius 2 is 1.69 bits per heavy atom. The summed E-state index contributed by atoms with van der Waals surface area (Å²) in [4.78, 5) is 24.4. The van der Waals surface area contributed by atoms with Gasteiger partial charge in [-0.3, -0.25) is 4.79 Å². The molecule has 3 aromatic rings. The fraction of sp³-hybridized carbons (Fsp3) is 0.143.